The monoisotopic (exact) mass is 384 g/mol. The number of hydrogen-bond acceptors (Lipinski definition) is 6. The topological polar surface area (TPSA) is 140 Å². The van der Waals surface area contributed by atoms with Crippen molar-refractivity contribution in [1.29, 1.82) is 0 Å². The van der Waals surface area contributed by atoms with Crippen LogP contribution in [0.3, 0.4) is 0 Å². The van der Waals surface area contributed by atoms with E-state index in [1.807, 2.05) is 29.2 Å². The number of carbonyl (C=O) groups is 1. The summed E-state index contributed by atoms with van der Waals surface area (Å²) in [5.74, 6) is -1.18. The van der Waals surface area contributed by atoms with E-state index in [0.717, 1.165) is 22.7 Å². The summed E-state index contributed by atoms with van der Waals surface area (Å²) < 4.78 is 5.27. The molecule has 1 aromatic carbocycles. The number of aliphatic imine (C=N–C) groups is 1. The van der Waals surface area contributed by atoms with Crippen molar-refractivity contribution in [1.82, 2.24) is 15.0 Å². The number of esters is 1. The van der Waals surface area contributed by atoms with Gasteiger partial charge in [0, 0.05) is 29.7 Å². The van der Waals surface area contributed by atoms with Gasteiger partial charge in [-0.1, -0.05) is 18.2 Å². The summed E-state index contributed by atoms with van der Waals surface area (Å²) >= 11 is 0. The van der Waals surface area contributed by atoms with Crippen LogP contribution in [0.25, 0.3) is 10.9 Å². The Hall–Kier alpha value is -3.62. The van der Waals surface area contributed by atoms with Crippen LogP contribution in [0.2, 0.25) is 0 Å². The van der Waals surface area contributed by atoms with Gasteiger partial charge in [-0.05, 0) is 25.5 Å². The zero-order valence-electron chi connectivity index (χ0n) is 15.4. The standard InChI is InChI=1S/C19H20N4O5/c1-10(2)28-18(26)15(7-11-8-20-14-6-4-3-5-12(11)14)21-9-13-16(24)22-19(27)23-17(13)25/h3-6,8-10,15,20H,7H2,1-2H3,(H3,22,23,24,25,27)/t15-/m0/s1. The zero-order chi connectivity index (χ0) is 20.3. The molecule has 4 N–H and O–H groups in total. The van der Waals surface area contributed by atoms with Crippen molar-refractivity contribution >= 4 is 23.1 Å². The minimum atomic E-state index is -0.938. The number of fused-ring (bicyclic) bond motifs is 1. The molecule has 0 bridgehead atoms. The van der Waals surface area contributed by atoms with Gasteiger partial charge in [-0.2, -0.15) is 0 Å². The summed E-state index contributed by atoms with van der Waals surface area (Å²) in [6.07, 6.45) is 2.75. The molecular weight excluding hydrogens is 364 g/mol. The lowest BCUT2D eigenvalue weighted by Gasteiger charge is -2.14. The van der Waals surface area contributed by atoms with Crippen LogP contribution in [-0.4, -0.2) is 44.4 Å². The zero-order valence-corrected chi connectivity index (χ0v) is 15.4. The Balaban J connectivity index is 1.94. The largest absolute Gasteiger partial charge is 0.494 e. The number of aromatic amines is 3. The number of ether oxygens (including phenoxy) is 1. The summed E-state index contributed by atoms with van der Waals surface area (Å²) in [7, 11) is 0. The molecule has 0 aliphatic heterocycles. The molecule has 0 amide bonds. The third-order valence-electron chi connectivity index (χ3n) is 4.05. The highest BCUT2D eigenvalue weighted by atomic mass is 16.5. The van der Waals surface area contributed by atoms with E-state index in [4.69, 9.17) is 4.74 Å². The Morgan fingerprint density at radius 1 is 1.25 bits per heavy atom. The van der Waals surface area contributed by atoms with Gasteiger partial charge in [-0.25, -0.2) is 9.59 Å². The van der Waals surface area contributed by atoms with Crippen LogP contribution in [0.1, 0.15) is 25.0 Å². The molecule has 0 aliphatic rings. The van der Waals surface area contributed by atoms with Crippen LogP contribution in [-0.2, 0) is 16.0 Å². The Morgan fingerprint density at radius 2 is 2.00 bits per heavy atom. The second-order valence-corrected chi connectivity index (χ2v) is 6.51. The molecule has 0 fully saturated rings. The molecule has 1 atom stereocenters. The number of aromatic nitrogens is 3. The van der Waals surface area contributed by atoms with Gasteiger partial charge in [0.15, 0.2) is 6.04 Å². The van der Waals surface area contributed by atoms with Gasteiger partial charge < -0.3 is 14.8 Å². The highest BCUT2D eigenvalue weighted by Crippen LogP contribution is 2.20. The van der Waals surface area contributed by atoms with Gasteiger partial charge in [0.25, 0.3) is 5.56 Å². The van der Waals surface area contributed by atoms with E-state index >= 15 is 0 Å². The molecule has 2 heterocycles. The lowest BCUT2D eigenvalue weighted by atomic mass is 10.1. The van der Waals surface area contributed by atoms with E-state index in [-0.39, 0.29) is 18.1 Å². The molecule has 9 heteroatoms. The van der Waals surface area contributed by atoms with Crippen molar-refractivity contribution in [3.05, 3.63) is 62.4 Å². The minimum Gasteiger partial charge on any atom is -0.494 e. The molecule has 9 nitrogen and oxygen atoms in total. The van der Waals surface area contributed by atoms with Gasteiger partial charge in [-0.3, -0.25) is 19.8 Å². The second kappa shape index (κ2) is 7.95. The first kappa shape index (κ1) is 19.2. The van der Waals surface area contributed by atoms with Crippen molar-refractivity contribution in [3.8, 4) is 5.88 Å². The summed E-state index contributed by atoms with van der Waals surface area (Å²) in [4.78, 5) is 46.9. The van der Waals surface area contributed by atoms with Gasteiger partial charge in [0.05, 0.1) is 6.10 Å². The lowest BCUT2D eigenvalue weighted by molar-refractivity contribution is -0.148. The Bertz CT molecular complexity index is 1140. The number of hydrogen-bond donors (Lipinski definition) is 4. The second-order valence-electron chi connectivity index (χ2n) is 6.51. The normalized spacial score (nSPS) is 12.7. The van der Waals surface area contributed by atoms with Crippen molar-refractivity contribution in [2.45, 2.75) is 32.4 Å². The quantitative estimate of drug-likeness (QED) is 0.374. The number of nitrogens with one attached hydrogen (secondary N) is 3. The molecule has 28 heavy (non-hydrogen) atoms. The SMILES string of the molecule is CC(C)OC(=O)[C@H](Cc1c[nH]c2ccccc12)N=Cc1c(O)[nH]c(=O)[nH]c1=O. The first-order chi connectivity index (χ1) is 13.3. The molecular formula is C19H20N4O5. The third-order valence-corrected chi connectivity index (χ3v) is 4.05. The van der Waals surface area contributed by atoms with E-state index in [1.165, 1.54) is 0 Å². The minimum absolute atomic E-state index is 0.230. The maximum Gasteiger partial charge on any atom is 0.331 e. The van der Waals surface area contributed by atoms with Crippen molar-refractivity contribution < 1.29 is 14.6 Å². The van der Waals surface area contributed by atoms with E-state index < -0.39 is 29.1 Å². The molecule has 146 valence electrons. The number of H-pyrrole nitrogens is 3. The fraction of sp³-hybridized carbons (Fsp3) is 0.263. The van der Waals surface area contributed by atoms with Crippen LogP contribution in [0.4, 0.5) is 0 Å². The Morgan fingerprint density at radius 3 is 2.71 bits per heavy atom. The smallest absolute Gasteiger partial charge is 0.331 e. The number of rotatable bonds is 6. The highest BCUT2D eigenvalue weighted by molar-refractivity contribution is 5.87. The van der Waals surface area contributed by atoms with E-state index in [9.17, 15) is 19.5 Å². The van der Waals surface area contributed by atoms with Gasteiger partial charge in [0.2, 0.25) is 5.88 Å². The predicted octanol–water partition coefficient (Wildman–Crippen LogP) is 1.23. The number of benzene rings is 1. The average molecular weight is 384 g/mol. The number of carbonyl (C=O) groups excluding carboxylic acids is 1. The fourth-order valence-electron chi connectivity index (χ4n) is 2.78. The molecule has 0 spiro atoms. The molecule has 0 aliphatic carbocycles. The Labute approximate surface area is 159 Å². The highest BCUT2D eigenvalue weighted by Gasteiger charge is 2.22. The van der Waals surface area contributed by atoms with E-state index in [1.54, 1.807) is 20.0 Å². The van der Waals surface area contributed by atoms with Crippen LogP contribution < -0.4 is 11.2 Å². The molecule has 2 aromatic heterocycles. The van der Waals surface area contributed by atoms with Crippen molar-refractivity contribution in [2.24, 2.45) is 4.99 Å². The van der Waals surface area contributed by atoms with Crippen LogP contribution in [0, 0.1) is 0 Å². The predicted molar refractivity (Wildman–Crippen MR) is 104 cm³/mol. The average Bonchev–Trinajstić information content (AvgIpc) is 3.02. The first-order valence-electron chi connectivity index (χ1n) is 8.69. The van der Waals surface area contributed by atoms with Gasteiger partial charge >= 0.3 is 11.7 Å². The van der Waals surface area contributed by atoms with Gasteiger partial charge in [-0.15, -0.1) is 0 Å². The summed E-state index contributed by atoms with van der Waals surface area (Å²) in [5, 5.41) is 10.7. The number of para-hydroxylation sites is 1. The summed E-state index contributed by atoms with van der Waals surface area (Å²) in [6, 6.07) is 6.70. The molecule has 3 rings (SSSR count). The number of aromatic hydroxyl groups is 1. The summed E-state index contributed by atoms with van der Waals surface area (Å²) in [5.41, 5.74) is -0.117. The van der Waals surface area contributed by atoms with Crippen molar-refractivity contribution in [2.75, 3.05) is 0 Å². The van der Waals surface area contributed by atoms with Crippen LogP contribution in [0.15, 0.2) is 45.0 Å². The van der Waals surface area contributed by atoms with Crippen LogP contribution in [0.5, 0.6) is 5.88 Å². The Kier molecular flexibility index (Phi) is 5.44. The van der Waals surface area contributed by atoms with Gasteiger partial charge in [0.1, 0.15) is 5.56 Å². The molecule has 0 unspecified atom stereocenters. The third kappa shape index (κ3) is 4.20. The maximum absolute atomic E-state index is 12.5. The lowest BCUT2D eigenvalue weighted by Crippen LogP contribution is -2.28. The molecule has 0 saturated heterocycles. The van der Waals surface area contributed by atoms with Crippen molar-refractivity contribution in [3.63, 3.8) is 0 Å². The fourth-order valence-corrected chi connectivity index (χ4v) is 2.78. The van der Waals surface area contributed by atoms with Crippen LogP contribution >= 0.6 is 0 Å². The summed E-state index contributed by atoms with van der Waals surface area (Å²) in [6.45, 7) is 3.45. The first-order valence-corrected chi connectivity index (χ1v) is 8.69. The van der Waals surface area contributed by atoms with E-state index in [2.05, 4.69) is 15.0 Å². The molecule has 3 aromatic rings. The maximum atomic E-state index is 12.5. The molecule has 0 radical (unpaired) electrons. The van der Waals surface area contributed by atoms with E-state index in [0.29, 0.717) is 0 Å². The molecule has 0 saturated carbocycles. The number of nitrogens with zero attached hydrogens (tertiary/aromatic N) is 1.